The number of thiazole rings is 1. The summed E-state index contributed by atoms with van der Waals surface area (Å²) in [6.45, 7) is 3.94. The van der Waals surface area contributed by atoms with Gasteiger partial charge in [-0.1, -0.05) is 6.92 Å². The molecule has 2 aromatic heterocycles. The number of rotatable bonds is 6. The molecule has 0 radical (unpaired) electrons. The molecule has 0 aromatic carbocycles. The third kappa shape index (κ3) is 4.04. The predicted octanol–water partition coefficient (Wildman–Crippen LogP) is 2.91. The topological polar surface area (TPSA) is 42.7 Å². The fourth-order valence-electron chi connectivity index (χ4n) is 1.64. The van der Waals surface area contributed by atoms with Gasteiger partial charge in [0, 0.05) is 18.1 Å². The summed E-state index contributed by atoms with van der Waals surface area (Å²) in [5.41, 5.74) is -0.0160. The predicted molar refractivity (Wildman–Crippen MR) is 70.4 cm³/mol. The van der Waals surface area contributed by atoms with Crippen LogP contribution < -0.4 is 5.32 Å². The van der Waals surface area contributed by atoms with Gasteiger partial charge in [-0.3, -0.25) is 4.68 Å². The minimum atomic E-state index is -4.35. The van der Waals surface area contributed by atoms with Gasteiger partial charge in [-0.05, 0) is 13.0 Å². The van der Waals surface area contributed by atoms with Crippen molar-refractivity contribution >= 4 is 11.3 Å². The number of hydrogen-bond acceptors (Lipinski definition) is 4. The summed E-state index contributed by atoms with van der Waals surface area (Å²) in [5, 5.41) is 9.71. The quantitative estimate of drug-likeness (QED) is 0.835. The van der Waals surface area contributed by atoms with Gasteiger partial charge in [-0.2, -0.15) is 18.3 Å². The lowest BCUT2D eigenvalue weighted by molar-refractivity contribution is -0.137. The molecule has 0 amide bonds. The Kier molecular flexibility index (Phi) is 4.77. The smallest absolute Gasteiger partial charge is 0.310 e. The summed E-state index contributed by atoms with van der Waals surface area (Å²) in [6, 6.07) is 0. The highest BCUT2D eigenvalue weighted by Gasteiger charge is 2.32. The van der Waals surface area contributed by atoms with E-state index in [9.17, 15) is 13.2 Å². The van der Waals surface area contributed by atoms with Crippen LogP contribution in [0.25, 0.3) is 0 Å². The molecule has 0 atom stereocenters. The zero-order valence-electron chi connectivity index (χ0n) is 10.9. The van der Waals surface area contributed by atoms with Crippen LogP contribution >= 0.6 is 11.3 Å². The van der Waals surface area contributed by atoms with E-state index in [-0.39, 0.29) is 6.54 Å². The lowest BCUT2D eigenvalue weighted by Crippen LogP contribution is -2.13. The van der Waals surface area contributed by atoms with Gasteiger partial charge < -0.3 is 5.32 Å². The lowest BCUT2D eigenvalue weighted by atomic mass is 10.3. The SMILES string of the molecule is CCCNCc1nc(Cn2cc(C(F)(F)F)cn2)cs1. The van der Waals surface area contributed by atoms with Crippen LogP contribution in [0.4, 0.5) is 13.2 Å². The van der Waals surface area contributed by atoms with E-state index in [1.54, 1.807) is 0 Å². The highest BCUT2D eigenvalue weighted by Crippen LogP contribution is 2.28. The Balaban J connectivity index is 1.95. The van der Waals surface area contributed by atoms with Gasteiger partial charge >= 0.3 is 6.18 Å². The van der Waals surface area contributed by atoms with Crippen molar-refractivity contribution in [1.82, 2.24) is 20.1 Å². The zero-order valence-corrected chi connectivity index (χ0v) is 11.8. The van der Waals surface area contributed by atoms with E-state index in [1.807, 2.05) is 5.38 Å². The van der Waals surface area contributed by atoms with Gasteiger partial charge in [0.15, 0.2) is 0 Å². The molecular weight excluding hydrogens is 289 g/mol. The van der Waals surface area contributed by atoms with E-state index in [4.69, 9.17) is 0 Å². The summed E-state index contributed by atoms with van der Waals surface area (Å²) in [4.78, 5) is 4.36. The largest absolute Gasteiger partial charge is 0.419 e. The second-order valence-electron chi connectivity index (χ2n) is 4.33. The van der Waals surface area contributed by atoms with E-state index in [1.165, 1.54) is 16.0 Å². The minimum Gasteiger partial charge on any atom is -0.310 e. The van der Waals surface area contributed by atoms with Crippen molar-refractivity contribution in [2.75, 3.05) is 6.54 Å². The van der Waals surface area contributed by atoms with Crippen LogP contribution in [0.15, 0.2) is 17.8 Å². The van der Waals surface area contributed by atoms with Crippen LogP contribution in [0.1, 0.15) is 29.6 Å². The van der Waals surface area contributed by atoms with E-state index >= 15 is 0 Å². The van der Waals surface area contributed by atoms with Crippen LogP contribution in [0.3, 0.4) is 0 Å². The van der Waals surface area contributed by atoms with Gasteiger partial charge in [0.25, 0.3) is 0 Å². The third-order valence-corrected chi connectivity index (χ3v) is 3.48. The minimum absolute atomic E-state index is 0.250. The van der Waals surface area contributed by atoms with Gasteiger partial charge in [-0.15, -0.1) is 11.3 Å². The Morgan fingerprint density at radius 2 is 2.20 bits per heavy atom. The first kappa shape index (κ1) is 15.0. The molecular formula is C12H15F3N4S. The van der Waals surface area contributed by atoms with E-state index in [0.717, 1.165) is 36.1 Å². The molecule has 2 aromatic rings. The molecule has 20 heavy (non-hydrogen) atoms. The number of halogens is 3. The Morgan fingerprint density at radius 1 is 1.40 bits per heavy atom. The van der Waals surface area contributed by atoms with Crippen LogP contribution in [-0.2, 0) is 19.3 Å². The molecule has 0 bridgehead atoms. The van der Waals surface area contributed by atoms with Crippen molar-refractivity contribution < 1.29 is 13.2 Å². The van der Waals surface area contributed by atoms with Crippen molar-refractivity contribution in [3.8, 4) is 0 Å². The van der Waals surface area contributed by atoms with Gasteiger partial charge in [0.2, 0.25) is 0 Å². The van der Waals surface area contributed by atoms with Gasteiger partial charge in [-0.25, -0.2) is 4.98 Å². The number of nitrogens with one attached hydrogen (secondary N) is 1. The normalized spacial score (nSPS) is 12.0. The van der Waals surface area contributed by atoms with Crippen molar-refractivity contribution in [3.05, 3.63) is 34.0 Å². The summed E-state index contributed by atoms with van der Waals surface area (Å²) < 4.78 is 38.6. The van der Waals surface area contributed by atoms with Crippen molar-refractivity contribution in [2.45, 2.75) is 32.6 Å². The summed E-state index contributed by atoms with van der Waals surface area (Å²) in [6.07, 6.45) is -1.48. The number of alkyl halides is 3. The molecule has 0 aliphatic rings. The average Bonchev–Trinajstić information content (AvgIpc) is 2.99. The van der Waals surface area contributed by atoms with Crippen LogP contribution in [0.2, 0.25) is 0 Å². The van der Waals surface area contributed by atoms with E-state index < -0.39 is 11.7 Å². The Bertz CT molecular complexity index is 547. The first-order valence-electron chi connectivity index (χ1n) is 6.22. The number of hydrogen-bond donors (Lipinski definition) is 1. The standard InChI is InChI=1S/C12H15F3N4S/c1-2-3-16-5-11-18-10(8-20-11)7-19-6-9(4-17-19)12(13,14)15/h4,6,8,16H,2-3,5,7H2,1H3. The van der Waals surface area contributed by atoms with Gasteiger partial charge in [0.1, 0.15) is 5.01 Å². The van der Waals surface area contributed by atoms with Crippen molar-refractivity contribution in [1.29, 1.82) is 0 Å². The second kappa shape index (κ2) is 6.36. The maximum absolute atomic E-state index is 12.4. The maximum atomic E-state index is 12.4. The fourth-order valence-corrected chi connectivity index (χ4v) is 2.39. The Morgan fingerprint density at radius 3 is 2.85 bits per heavy atom. The van der Waals surface area contributed by atoms with Gasteiger partial charge in [0.05, 0.1) is 24.0 Å². The maximum Gasteiger partial charge on any atom is 0.419 e. The molecule has 110 valence electrons. The molecule has 0 unspecified atom stereocenters. The molecule has 0 fully saturated rings. The van der Waals surface area contributed by atoms with Crippen molar-refractivity contribution in [2.24, 2.45) is 0 Å². The summed E-state index contributed by atoms with van der Waals surface area (Å²) >= 11 is 1.49. The molecule has 0 saturated heterocycles. The fraction of sp³-hybridized carbons (Fsp3) is 0.500. The highest BCUT2D eigenvalue weighted by molar-refractivity contribution is 7.09. The number of aromatic nitrogens is 3. The Labute approximate surface area is 118 Å². The van der Waals surface area contributed by atoms with Crippen LogP contribution in [0.5, 0.6) is 0 Å². The van der Waals surface area contributed by atoms with E-state index in [2.05, 4.69) is 22.3 Å². The van der Waals surface area contributed by atoms with Crippen LogP contribution in [-0.4, -0.2) is 21.3 Å². The zero-order chi connectivity index (χ0) is 14.6. The molecule has 0 saturated carbocycles. The van der Waals surface area contributed by atoms with Crippen molar-refractivity contribution in [3.63, 3.8) is 0 Å². The summed E-state index contributed by atoms with van der Waals surface area (Å²) in [7, 11) is 0. The molecule has 8 heteroatoms. The number of nitrogens with zero attached hydrogens (tertiary/aromatic N) is 3. The Hall–Kier alpha value is -1.41. The monoisotopic (exact) mass is 304 g/mol. The third-order valence-electron chi connectivity index (χ3n) is 2.59. The molecule has 2 heterocycles. The van der Waals surface area contributed by atoms with E-state index in [0.29, 0.717) is 6.54 Å². The molecule has 0 spiro atoms. The molecule has 2 rings (SSSR count). The lowest BCUT2D eigenvalue weighted by Gasteiger charge is -2.01. The summed E-state index contributed by atoms with van der Waals surface area (Å²) in [5.74, 6) is 0. The molecule has 0 aliphatic carbocycles. The average molecular weight is 304 g/mol. The first-order chi connectivity index (χ1) is 9.49. The van der Waals surface area contributed by atoms with Crippen LogP contribution in [0, 0.1) is 0 Å². The molecule has 4 nitrogen and oxygen atoms in total. The molecule has 1 N–H and O–H groups in total. The molecule has 0 aliphatic heterocycles. The second-order valence-corrected chi connectivity index (χ2v) is 5.28. The first-order valence-corrected chi connectivity index (χ1v) is 7.10. The highest BCUT2D eigenvalue weighted by atomic mass is 32.1.